The lowest BCUT2D eigenvalue weighted by atomic mass is 10.1. The van der Waals surface area contributed by atoms with E-state index in [1.165, 1.54) is 17.8 Å². The Bertz CT molecular complexity index is 1070. The highest BCUT2D eigenvalue weighted by Gasteiger charge is 2.27. The number of piperazine rings is 1. The number of anilines is 1. The van der Waals surface area contributed by atoms with E-state index in [1.54, 1.807) is 12.4 Å². The first-order chi connectivity index (χ1) is 15.0. The van der Waals surface area contributed by atoms with Crippen LogP contribution in [-0.4, -0.2) is 51.0 Å². The van der Waals surface area contributed by atoms with E-state index in [2.05, 4.69) is 31.6 Å². The molecule has 0 bridgehead atoms. The second-order valence-electron chi connectivity index (χ2n) is 7.47. The predicted octanol–water partition coefficient (Wildman–Crippen LogP) is 3.06. The first-order valence-corrected chi connectivity index (χ1v) is 11.7. The molecule has 0 spiro atoms. The molecule has 1 fully saturated rings. The molecular formula is C23H25FN4O2S. The second kappa shape index (κ2) is 9.55. The molecule has 8 heteroatoms. The maximum Gasteiger partial charge on any atom is 0.240 e. The Morgan fingerprint density at radius 2 is 1.65 bits per heavy atom. The molecule has 1 unspecified atom stereocenters. The van der Waals surface area contributed by atoms with Gasteiger partial charge < -0.3 is 4.90 Å². The second-order valence-corrected chi connectivity index (χ2v) is 9.23. The lowest BCUT2D eigenvalue weighted by Gasteiger charge is -2.40. The van der Waals surface area contributed by atoms with Gasteiger partial charge in [0, 0.05) is 50.8 Å². The average Bonchev–Trinajstić information content (AvgIpc) is 2.81. The van der Waals surface area contributed by atoms with E-state index < -0.39 is 15.8 Å². The molecule has 1 aromatic heterocycles. The summed E-state index contributed by atoms with van der Waals surface area (Å²) in [5.74, 6) is -0.469. The first kappa shape index (κ1) is 21.4. The molecule has 162 valence electrons. The number of benzene rings is 2. The van der Waals surface area contributed by atoms with Crippen LogP contribution in [0.3, 0.4) is 0 Å². The molecule has 31 heavy (non-hydrogen) atoms. The lowest BCUT2D eigenvalue weighted by molar-refractivity contribution is 0.186. The zero-order valence-electron chi connectivity index (χ0n) is 17.1. The van der Waals surface area contributed by atoms with Crippen LogP contribution in [-0.2, 0) is 10.0 Å². The number of nitrogens with one attached hydrogen (secondary N) is 1. The van der Waals surface area contributed by atoms with Gasteiger partial charge in [0.2, 0.25) is 10.0 Å². The minimum absolute atomic E-state index is 0.0488. The Morgan fingerprint density at radius 3 is 2.29 bits per heavy atom. The van der Waals surface area contributed by atoms with E-state index in [0.29, 0.717) is 0 Å². The van der Waals surface area contributed by atoms with Crippen LogP contribution in [0.5, 0.6) is 0 Å². The van der Waals surface area contributed by atoms with Gasteiger partial charge in [0.05, 0.1) is 10.9 Å². The minimum Gasteiger partial charge on any atom is -0.369 e. The maximum atomic E-state index is 13.2. The third-order valence-corrected chi connectivity index (χ3v) is 6.98. The summed E-state index contributed by atoms with van der Waals surface area (Å²) in [5.41, 5.74) is 2.15. The van der Waals surface area contributed by atoms with E-state index in [9.17, 15) is 12.8 Å². The van der Waals surface area contributed by atoms with Crippen molar-refractivity contribution >= 4 is 15.7 Å². The molecule has 0 radical (unpaired) electrons. The molecule has 2 heterocycles. The van der Waals surface area contributed by atoms with Crippen molar-refractivity contribution in [2.75, 3.05) is 37.6 Å². The minimum atomic E-state index is -3.75. The number of halogens is 1. The molecule has 3 aromatic rings. The SMILES string of the molecule is O=S(=O)(NCC(c1cccnc1)N1CCN(c2ccccc2)CC1)c1ccc(F)cc1. The van der Waals surface area contributed by atoms with E-state index in [-0.39, 0.29) is 17.5 Å². The summed E-state index contributed by atoms with van der Waals surface area (Å²) in [7, 11) is -3.75. The van der Waals surface area contributed by atoms with Gasteiger partial charge in [-0.05, 0) is 48.0 Å². The fourth-order valence-corrected chi connectivity index (χ4v) is 4.89. The summed E-state index contributed by atoms with van der Waals surface area (Å²) in [5, 5.41) is 0. The number of sulfonamides is 1. The number of nitrogens with zero attached hydrogens (tertiary/aromatic N) is 3. The molecule has 6 nitrogen and oxygen atoms in total. The third kappa shape index (κ3) is 5.28. The van der Waals surface area contributed by atoms with Crippen molar-refractivity contribution < 1.29 is 12.8 Å². The Kier molecular flexibility index (Phi) is 6.60. The van der Waals surface area contributed by atoms with Gasteiger partial charge in [-0.2, -0.15) is 0 Å². The van der Waals surface area contributed by atoms with Crippen LogP contribution in [0, 0.1) is 5.82 Å². The largest absolute Gasteiger partial charge is 0.369 e. The lowest BCUT2D eigenvalue weighted by Crippen LogP contribution is -2.49. The van der Waals surface area contributed by atoms with Crippen LogP contribution in [0.4, 0.5) is 10.1 Å². The van der Waals surface area contributed by atoms with Crippen molar-refractivity contribution in [2.24, 2.45) is 0 Å². The van der Waals surface area contributed by atoms with Crippen LogP contribution in [0.1, 0.15) is 11.6 Å². The monoisotopic (exact) mass is 440 g/mol. The molecule has 1 aliphatic rings. The molecule has 1 N–H and O–H groups in total. The number of hydrogen-bond acceptors (Lipinski definition) is 5. The van der Waals surface area contributed by atoms with Crippen molar-refractivity contribution in [1.82, 2.24) is 14.6 Å². The van der Waals surface area contributed by atoms with Crippen molar-refractivity contribution in [1.29, 1.82) is 0 Å². The fraction of sp³-hybridized carbons (Fsp3) is 0.261. The summed E-state index contributed by atoms with van der Waals surface area (Å²) >= 11 is 0. The topological polar surface area (TPSA) is 65.5 Å². The molecular weight excluding hydrogens is 415 g/mol. The van der Waals surface area contributed by atoms with E-state index in [1.807, 2.05) is 30.3 Å². The van der Waals surface area contributed by atoms with Gasteiger partial charge in [0.1, 0.15) is 5.82 Å². The molecule has 1 aliphatic heterocycles. The summed E-state index contributed by atoms with van der Waals surface area (Å²) in [4.78, 5) is 8.88. The fourth-order valence-electron chi connectivity index (χ4n) is 3.85. The zero-order valence-corrected chi connectivity index (χ0v) is 17.9. The Hall–Kier alpha value is -2.81. The maximum absolute atomic E-state index is 13.2. The Balaban J connectivity index is 1.47. The summed E-state index contributed by atoms with van der Waals surface area (Å²) < 4.78 is 41.3. The van der Waals surface area contributed by atoms with Gasteiger partial charge in [0.25, 0.3) is 0 Å². The standard InChI is InChI=1S/C23H25FN4O2S/c24-20-8-10-22(11-9-20)31(29,30)26-18-23(19-5-4-12-25-17-19)28-15-13-27(14-16-28)21-6-2-1-3-7-21/h1-12,17,23,26H,13-16,18H2. The molecule has 0 amide bonds. The number of aromatic nitrogens is 1. The van der Waals surface area contributed by atoms with Crippen LogP contribution in [0.15, 0.2) is 84.0 Å². The van der Waals surface area contributed by atoms with Crippen LogP contribution < -0.4 is 9.62 Å². The number of rotatable bonds is 7. The van der Waals surface area contributed by atoms with Gasteiger partial charge in [-0.3, -0.25) is 9.88 Å². The number of para-hydroxylation sites is 1. The van der Waals surface area contributed by atoms with Gasteiger partial charge in [-0.15, -0.1) is 0 Å². The van der Waals surface area contributed by atoms with Crippen molar-refractivity contribution in [3.8, 4) is 0 Å². The van der Waals surface area contributed by atoms with Crippen molar-refractivity contribution in [3.05, 3.63) is 90.5 Å². The van der Waals surface area contributed by atoms with Gasteiger partial charge in [-0.1, -0.05) is 24.3 Å². The molecule has 4 rings (SSSR count). The zero-order chi connectivity index (χ0) is 21.7. The highest BCUT2D eigenvalue weighted by molar-refractivity contribution is 7.89. The molecule has 1 saturated heterocycles. The number of hydrogen-bond donors (Lipinski definition) is 1. The smallest absolute Gasteiger partial charge is 0.240 e. The number of pyridine rings is 1. The Morgan fingerprint density at radius 1 is 0.935 bits per heavy atom. The van der Waals surface area contributed by atoms with Crippen LogP contribution in [0.2, 0.25) is 0 Å². The van der Waals surface area contributed by atoms with Crippen molar-refractivity contribution in [2.45, 2.75) is 10.9 Å². The summed E-state index contributed by atoms with van der Waals surface area (Å²) in [6, 6.07) is 18.8. The molecule has 1 atom stereocenters. The quantitative estimate of drug-likeness (QED) is 0.612. The van der Waals surface area contributed by atoms with Crippen molar-refractivity contribution in [3.63, 3.8) is 0 Å². The molecule has 2 aromatic carbocycles. The van der Waals surface area contributed by atoms with Gasteiger partial charge >= 0.3 is 0 Å². The molecule has 0 aliphatic carbocycles. The molecule has 0 saturated carbocycles. The van der Waals surface area contributed by atoms with E-state index >= 15 is 0 Å². The average molecular weight is 441 g/mol. The van der Waals surface area contributed by atoms with E-state index in [0.717, 1.165) is 43.9 Å². The highest BCUT2D eigenvalue weighted by Crippen LogP contribution is 2.24. The van der Waals surface area contributed by atoms with Gasteiger partial charge in [-0.25, -0.2) is 17.5 Å². The third-order valence-electron chi connectivity index (χ3n) is 5.54. The summed E-state index contributed by atoms with van der Waals surface area (Å²) in [6.45, 7) is 3.51. The predicted molar refractivity (Wildman–Crippen MR) is 119 cm³/mol. The summed E-state index contributed by atoms with van der Waals surface area (Å²) in [6.07, 6.45) is 3.48. The Labute approximate surface area is 182 Å². The van der Waals surface area contributed by atoms with E-state index in [4.69, 9.17) is 0 Å². The van der Waals surface area contributed by atoms with Crippen LogP contribution in [0.25, 0.3) is 0 Å². The van der Waals surface area contributed by atoms with Crippen LogP contribution >= 0.6 is 0 Å². The highest BCUT2D eigenvalue weighted by atomic mass is 32.2. The van der Waals surface area contributed by atoms with Gasteiger partial charge in [0.15, 0.2) is 0 Å². The normalized spacial score (nSPS) is 16.2. The first-order valence-electron chi connectivity index (χ1n) is 10.2.